The smallest absolute Gasteiger partial charge is 0.267 e. The van der Waals surface area contributed by atoms with E-state index >= 15 is 0 Å². The van der Waals surface area contributed by atoms with Crippen molar-refractivity contribution in [3.63, 3.8) is 0 Å². The van der Waals surface area contributed by atoms with Crippen LogP contribution in [-0.4, -0.2) is 49.7 Å². The standard InChI is InChI=1S/C18H19N3O2S2/c22-16(20-18-19-6-11-24-18)15-12-14(13-4-2-1-3-5-13)17(25-15)21-7-9-23-10-8-21/h1-5,12H,6-11H2,(H,19,20,22). The molecule has 4 rings (SSSR count). The number of aliphatic imine (C=N–C) groups is 1. The van der Waals surface area contributed by atoms with Gasteiger partial charge in [-0.1, -0.05) is 42.1 Å². The largest absolute Gasteiger partial charge is 0.378 e. The molecule has 0 saturated carbocycles. The quantitative estimate of drug-likeness (QED) is 0.898. The van der Waals surface area contributed by atoms with E-state index in [1.807, 2.05) is 24.3 Å². The van der Waals surface area contributed by atoms with E-state index in [2.05, 4.69) is 27.3 Å². The number of nitrogens with one attached hydrogen (secondary N) is 1. The van der Waals surface area contributed by atoms with Crippen LogP contribution < -0.4 is 10.2 Å². The molecular formula is C18H19N3O2S2. The minimum absolute atomic E-state index is 0.0742. The number of hydrogen-bond acceptors (Lipinski definition) is 6. The predicted octanol–water partition coefficient (Wildman–Crippen LogP) is 3.08. The summed E-state index contributed by atoms with van der Waals surface area (Å²) in [5.74, 6) is 0.865. The lowest BCUT2D eigenvalue weighted by molar-refractivity contribution is 0.0982. The number of anilines is 1. The third-order valence-electron chi connectivity index (χ3n) is 4.13. The van der Waals surface area contributed by atoms with Crippen molar-refractivity contribution in [1.29, 1.82) is 0 Å². The molecule has 1 amide bonds. The van der Waals surface area contributed by atoms with Gasteiger partial charge in [-0.25, -0.2) is 0 Å². The fourth-order valence-corrected chi connectivity index (χ4v) is 4.74. The fraction of sp³-hybridized carbons (Fsp3) is 0.333. The minimum atomic E-state index is -0.0742. The number of amides is 1. The Hall–Kier alpha value is -1.83. The average Bonchev–Trinajstić information content (AvgIpc) is 3.33. The molecule has 0 spiro atoms. The van der Waals surface area contributed by atoms with Gasteiger partial charge in [0.2, 0.25) is 0 Å². The van der Waals surface area contributed by atoms with Gasteiger partial charge in [-0.2, -0.15) is 0 Å². The highest BCUT2D eigenvalue weighted by Crippen LogP contribution is 2.39. The third kappa shape index (κ3) is 3.73. The Balaban J connectivity index is 1.66. The molecule has 1 aromatic heterocycles. The number of thiophene rings is 1. The van der Waals surface area contributed by atoms with E-state index in [-0.39, 0.29) is 5.91 Å². The molecule has 2 aliphatic heterocycles. The lowest BCUT2D eigenvalue weighted by Gasteiger charge is -2.28. The van der Waals surface area contributed by atoms with Crippen LogP contribution in [-0.2, 0) is 4.74 Å². The molecule has 3 heterocycles. The van der Waals surface area contributed by atoms with E-state index < -0.39 is 0 Å². The van der Waals surface area contributed by atoms with Gasteiger partial charge in [0.1, 0.15) is 0 Å². The van der Waals surface area contributed by atoms with Crippen LogP contribution in [0.1, 0.15) is 9.67 Å². The molecule has 0 radical (unpaired) electrons. The highest BCUT2D eigenvalue weighted by Gasteiger charge is 2.22. The lowest BCUT2D eigenvalue weighted by Crippen LogP contribution is -2.35. The number of rotatable bonds is 3. The van der Waals surface area contributed by atoms with Gasteiger partial charge >= 0.3 is 0 Å². The summed E-state index contributed by atoms with van der Waals surface area (Å²) in [5.41, 5.74) is 2.24. The highest BCUT2D eigenvalue weighted by molar-refractivity contribution is 8.14. The molecular weight excluding hydrogens is 354 g/mol. The van der Waals surface area contributed by atoms with Crippen molar-refractivity contribution in [2.75, 3.05) is 43.5 Å². The number of morpholine rings is 1. The van der Waals surface area contributed by atoms with Crippen LogP contribution in [0.2, 0.25) is 0 Å². The molecule has 0 unspecified atom stereocenters. The van der Waals surface area contributed by atoms with Gasteiger partial charge in [0.15, 0.2) is 5.17 Å². The Morgan fingerprint density at radius 1 is 1.20 bits per heavy atom. The molecule has 1 aromatic carbocycles. The molecule has 0 aliphatic carbocycles. The van der Waals surface area contributed by atoms with Gasteiger partial charge in [0.25, 0.3) is 5.91 Å². The Morgan fingerprint density at radius 3 is 2.72 bits per heavy atom. The summed E-state index contributed by atoms with van der Waals surface area (Å²) in [6, 6.07) is 12.2. The van der Waals surface area contributed by atoms with Gasteiger partial charge in [-0.05, 0) is 11.6 Å². The van der Waals surface area contributed by atoms with Gasteiger partial charge < -0.3 is 15.0 Å². The van der Waals surface area contributed by atoms with E-state index in [1.54, 1.807) is 23.1 Å². The van der Waals surface area contributed by atoms with E-state index in [0.29, 0.717) is 0 Å². The number of carbonyl (C=O) groups excluding carboxylic acids is 1. The summed E-state index contributed by atoms with van der Waals surface area (Å²) in [4.78, 5) is 20.0. The maximum absolute atomic E-state index is 12.6. The minimum Gasteiger partial charge on any atom is -0.378 e. The van der Waals surface area contributed by atoms with Crippen molar-refractivity contribution < 1.29 is 9.53 Å². The zero-order valence-corrected chi connectivity index (χ0v) is 15.4. The monoisotopic (exact) mass is 373 g/mol. The summed E-state index contributed by atoms with van der Waals surface area (Å²) in [6.45, 7) is 3.93. The first-order valence-electron chi connectivity index (χ1n) is 8.32. The van der Waals surface area contributed by atoms with Gasteiger partial charge in [-0.15, -0.1) is 11.3 Å². The summed E-state index contributed by atoms with van der Waals surface area (Å²) in [7, 11) is 0. The molecule has 5 nitrogen and oxygen atoms in total. The van der Waals surface area contributed by atoms with Crippen LogP contribution in [0.4, 0.5) is 5.00 Å². The van der Waals surface area contributed by atoms with Crippen molar-refractivity contribution in [2.45, 2.75) is 0 Å². The molecule has 0 bridgehead atoms. The van der Waals surface area contributed by atoms with E-state index in [9.17, 15) is 4.79 Å². The lowest BCUT2D eigenvalue weighted by atomic mass is 10.1. The van der Waals surface area contributed by atoms with Crippen LogP contribution in [0.25, 0.3) is 11.1 Å². The Bertz CT molecular complexity index is 783. The normalized spacial score (nSPS) is 17.4. The SMILES string of the molecule is O=C(NC1=NCCS1)c1cc(-c2ccccc2)c(N2CCOCC2)s1. The predicted molar refractivity (Wildman–Crippen MR) is 105 cm³/mol. The molecule has 0 atom stereocenters. The topological polar surface area (TPSA) is 53.9 Å². The second kappa shape index (κ2) is 7.59. The Labute approximate surface area is 155 Å². The first kappa shape index (κ1) is 16.6. The second-order valence-corrected chi connectivity index (χ2v) is 7.90. The fourth-order valence-electron chi connectivity index (χ4n) is 2.89. The molecule has 1 saturated heterocycles. The number of thioether (sulfide) groups is 1. The van der Waals surface area contributed by atoms with E-state index in [1.165, 1.54) is 0 Å². The molecule has 7 heteroatoms. The van der Waals surface area contributed by atoms with E-state index in [0.717, 1.165) is 64.8 Å². The van der Waals surface area contributed by atoms with Crippen molar-refractivity contribution in [3.8, 4) is 11.1 Å². The summed E-state index contributed by atoms with van der Waals surface area (Å²) >= 11 is 3.14. The zero-order valence-electron chi connectivity index (χ0n) is 13.7. The number of carbonyl (C=O) groups is 1. The number of ether oxygens (including phenoxy) is 1. The first-order valence-corrected chi connectivity index (χ1v) is 10.1. The second-order valence-electron chi connectivity index (χ2n) is 5.78. The van der Waals surface area contributed by atoms with Crippen molar-refractivity contribution in [2.24, 2.45) is 4.99 Å². The Morgan fingerprint density at radius 2 is 2.00 bits per heavy atom. The van der Waals surface area contributed by atoms with E-state index in [4.69, 9.17) is 4.74 Å². The van der Waals surface area contributed by atoms with Crippen LogP contribution in [0.15, 0.2) is 41.4 Å². The van der Waals surface area contributed by atoms with Gasteiger partial charge in [0, 0.05) is 24.4 Å². The van der Waals surface area contributed by atoms with Crippen LogP contribution in [0.5, 0.6) is 0 Å². The maximum atomic E-state index is 12.6. The first-order chi connectivity index (χ1) is 12.3. The van der Waals surface area contributed by atoms with Crippen molar-refractivity contribution in [3.05, 3.63) is 41.3 Å². The van der Waals surface area contributed by atoms with Crippen molar-refractivity contribution >= 4 is 39.2 Å². The molecule has 2 aliphatic rings. The van der Waals surface area contributed by atoms with Crippen LogP contribution >= 0.6 is 23.1 Å². The maximum Gasteiger partial charge on any atom is 0.267 e. The summed E-state index contributed by atoms with van der Waals surface area (Å²) in [5, 5.41) is 4.80. The number of amidine groups is 1. The summed E-state index contributed by atoms with van der Waals surface area (Å²) in [6.07, 6.45) is 0. The number of hydrogen-bond donors (Lipinski definition) is 1. The average molecular weight is 374 g/mol. The zero-order chi connectivity index (χ0) is 17.1. The molecule has 25 heavy (non-hydrogen) atoms. The molecule has 2 aromatic rings. The number of benzene rings is 1. The van der Waals surface area contributed by atoms with Crippen molar-refractivity contribution in [1.82, 2.24) is 5.32 Å². The van der Waals surface area contributed by atoms with Gasteiger partial charge in [-0.3, -0.25) is 9.79 Å². The highest BCUT2D eigenvalue weighted by atomic mass is 32.2. The third-order valence-corrected chi connectivity index (χ3v) is 6.21. The van der Waals surface area contributed by atoms with Gasteiger partial charge in [0.05, 0.1) is 29.6 Å². The molecule has 1 N–H and O–H groups in total. The Kier molecular flexibility index (Phi) is 5.05. The van der Waals surface area contributed by atoms with Crippen LogP contribution in [0, 0.1) is 0 Å². The molecule has 130 valence electrons. The number of nitrogens with zero attached hydrogens (tertiary/aromatic N) is 2. The van der Waals surface area contributed by atoms with Crippen LogP contribution in [0.3, 0.4) is 0 Å². The molecule has 1 fully saturated rings. The summed E-state index contributed by atoms with van der Waals surface area (Å²) < 4.78 is 5.47.